The van der Waals surface area contributed by atoms with Crippen LogP contribution in [0.3, 0.4) is 0 Å². The number of ether oxygens (including phenoxy) is 2. The number of aliphatic hydroxyl groups is 1. The minimum Gasteiger partial charge on any atom is -0.493 e. The summed E-state index contributed by atoms with van der Waals surface area (Å²) < 4.78 is 10.6. The largest absolute Gasteiger partial charge is 0.493 e. The molecule has 0 aliphatic rings. The molecule has 0 fully saturated rings. The maximum Gasteiger partial charge on any atom is 0.160 e. The Labute approximate surface area is 144 Å². The Morgan fingerprint density at radius 2 is 1.67 bits per heavy atom. The summed E-state index contributed by atoms with van der Waals surface area (Å²) in [5.41, 5.74) is 8.35. The van der Waals surface area contributed by atoms with Gasteiger partial charge in [-0.2, -0.15) is 0 Å². The van der Waals surface area contributed by atoms with Crippen molar-refractivity contribution in [3.63, 3.8) is 0 Å². The highest BCUT2D eigenvalue weighted by Crippen LogP contribution is 2.30. The Hall–Kier alpha value is -2.04. The van der Waals surface area contributed by atoms with Gasteiger partial charge in [-0.1, -0.05) is 49.7 Å². The molecule has 0 bridgehead atoms. The van der Waals surface area contributed by atoms with Crippen LogP contribution < -0.4 is 15.2 Å². The minimum absolute atomic E-state index is 0.165. The van der Waals surface area contributed by atoms with Gasteiger partial charge in [0.1, 0.15) is 0 Å². The molecule has 4 nitrogen and oxygen atoms in total. The molecule has 130 valence electrons. The zero-order valence-electron chi connectivity index (χ0n) is 14.6. The summed E-state index contributed by atoms with van der Waals surface area (Å²) >= 11 is 0. The molecule has 3 N–H and O–H groups in total. The molecule has 0 aromatic heterocycles. The van der Waals surface area contributed by atoms with Crippen LogP contribution in [0.15, 0.2) is 48.5 Å². The van der Waals surface area contributed by atoms with E-state index in [0.29, 0.717) is 11.5 Å². The lowest BCUT2D eigenvalue weighted by atomic mass is 9.85. The molecule has 2 aromatic carbocycles. The number of methoxy groups -OCH3 is 2. The summed E-state index contributed by atoms with van der Waals surface area (Å²) in [7, 11) is 3.25. The molecule has 4 heteroatoms. The van der Waals surface area contributed by atoms with Crippen molar-refractivity contribution < 1.29 is 14.6 Å². The number of nitrogens with two attached hydrogens (primary N) is 1. The fourth-order valence-electron chi connectivity index (χ4n) is 2.99. The summed E-state index contributed by atoms with van der Waals surface area (Å²) in [5.74, 6) is 1.59. The number of benzene rings is 2. The SMILES string of the molecule is CCC(Cc1ccc(OC)c(OC)c1)[C@@H](N)[C@H](O)c1ccccc1. The van der Waals surface area contributed by atoms with E-state index in [1.807, 2.05) is 48.5 Å². The van der Waals surface area contributed by atoms with E-state index < -0.39 is 6.10 Å². The minimum atomic E-state index is -0.670. The predicted molar refractivity (Wildman–Crippen MR) is 96.4 cm³/mol. The van der Waals surface area contributed by atoms with Crippen LogP contribution in [0.5, 0.6) is 11.5 Å². The van der Waals surface area contributed by atoms with Gasteiger partial charge in [0.25, 0.3) is 0 Å². The van der Waals surface area contributed by atoms with Gasteiger partial charge >= 0.3 is 0 Å². The molecule has 2 aromatic rings. The van der Waals surface area contributed by atoms with Crippen molar-refractivity contribution in [1.29, 1.82) is 0 Å². The van der Waals surface area contributed by atoms with E-state index in [1.54, 1.807) is 14.2 Å². The van der Waals surface area contributed by atoms with Crippen LogP contribution in [0.4, 0.5) is 0 Å². The van der Waals surface area contributed by atoms with Crippen LogP contribution in [0.1, 0.15) is 30.6 Å². The lowest BCUT2D eigenvalue weighted by Crippen LogP contribution is -2.37. The van der Waals surface area contributed by atoms with Gasteiger partial charge in [0.2, 0.25) is 0 Å². The highest BCUT2D eigenvalue weighted by Gasteiger charge is 2.25. The van der Waals surface area contributed by atoms with E-state index in [1.165, 1.54) is 0 Å². The lowest BCUT2D eigenvalue weighted by molar-refractivity contribution is 0.115. The summed E-state index contributed by atoms with van der Waals surface area (Å²) in [6.45, 7) is 2.10. The molecule has 0 saturated carbocycles. The van der Waals surface area contributed by atoms with E-state index >= 15 is 0 Å². The van der Waals surface area contributed by atoms with Crippen LogP contribution in [0.25, 0.3) is 0 Å². The lowest BCUT2D eigenvalue weighted by Gasteiger charge is -2.27. The standard InChI is InChI=1S/C20H27NO3/c1-4-15(19(21)20(22)16-8-6-5-7-9-16)12-14-10-11-17(23-2)18(13-14)24-3/h5-11,13,15,19-20,22H,4,12,21H2,1-3H3/t15?,19-,20-/m1/s1. The molecular weight excluding hydrogens is 302 g/mol. The molecule has 3 atom stereocenters. The Bertz CT molecular complexity index is 630. The van der Waals surface area contributed by atoms with Crippen molar-refractivity contribution in [2.45, 2.75) is 31.9 Å². The van der Waals surface area contributed by atoms with Crippen molar-refractivity contribution >= 4 is 0 Å². The van der Waals surface area contributed by atoms with Gasteiger partial charge < -0.3 is 20.3 Å². The Morgan fingerprint density at radius 1 is 1.00 bits per heavy atom. The van der Waals surface area contributed by atoms with Crippen LogP contribution >= 0.6 is 0 Å². The van der Waals surface area contributed by atoms with Crippen LogP contribution in [-0.4, -0.2) is 25.4 Å². The predicted octanol–water partition coefficient (Wildman–Crippen LogP) is 3.33. The summed E-state index contributed by atoms with van der Waals surface area (Å²) in [6.07, 6.45) is 0.998. The van der Waals surface area contributed by atoms with Gasteiger partial charge in [0.15, 0.2) is 11.5 Å². The highest BCUT2D eigenvalue weighted by atomic mass is 16.5. The van der Waals surface area contributed by atoms with Gasteiger partial charge in [-0.15, -0.1) is 0 Å². The van der Waals surface area contributed by atoms with E-state index in [-0.39, 0.29) is 12.0 Å². The molecular formula is C20H27NO3. The number of rotatable bonds is 8. The average molecular weight is 329 g/mol. The topological polar surface area (TPSA) is 64.7 Å². The zero-order chi connectivity index (χ0) is 17.5. The third-order valence-corrected chi connectivity index (χ3v) is 4.52. The monoisotopic (exact) mass is 329 g/mol. The van der Waals surface area contributed by atoms with Crippen LogP contribution in [0, 0.1) is 5.92 Å². The quantitative estimate of drug-likeness (QED) is 0.780. The molecule has 0 spiro atoms. The fourth-order valence-corrected chi connectivity index (χ4v) is 2.99. The van der Waals surface area contributed by atoms with Crippen molar-refractivity contribution in [2.75, 3.05) is 14.2 Å². The Morgan fingerprint density at radius 3 is 2.25 bits per heavy atom. The smallest absolute Gasteiger partial charge is 0.160 e. The van der Waals surface area contributed by atoms with Crippen molar-refractivity contribution in [3.05, 3.63) is 59.7 Å². The van der Waals surface area contributed by atoms with Gasteiger partial charge in [0, 0.05) is 6.04 Å². The molecule has 24 heavy (non-hydrogen) atoms. The van der Waals surface area contributed by atoms with E-state index in [0.717, 1.165) is 24.0 Å². The molecule has 2 rings (SSSR count). The first-order valence-electron chi connectivity index (χ1n) is 8.30. The van der Waals surface area contributed by atoms with Crippen molar-refractivity contribution in [1.82, 2.24) is 0 Å². The van der Waals surface area contributed by atoms with Crippen LogP contribution in [0.2, 0.25) is 0 Å². The second-order valence-corrected chi connectivity index (χ2v) is 5.99. The zero-order valence-corrected chi connectivity index (χ0v) is 14.6. The van der Waals surface area contributed by atoms with E-state index in [9.17, 15) is 5.11 Å². The van der Waals surface area contributed by atoms with Crippen molar-refractivity contribution in [3.8, 4) is 11.5 Å². The highest BCUT2D eigenvalue weighted by molar-refractivity contribution is 5.43. The van der Waals surface area contributed by atoms with E-state index in [4.69, 9.17) is 15.2 Å². The van der Waals surface area contributed by atoms with E-state index in [2.05, 4.69) is 6.92 Å². The Kier molecular flexibility index (Phi) is 6.64. The summed E-state index contributed by atoms with van der Waals surface area (Å²) in [6, 6.07) is 15.2. The maximum absolute atomic E-state index is 10.6. The number of hydrogen-bond donors (Lipinski definition) is 2. The van der Waals surface area contributed by atoms with Gasteiger partial charge in [-0.3, -0.25) is 0 Å². The second-order valence-electron chi connectivity index (χ2n) is 5.99. The number of aliphatic hydroxyl groups excluding tert-OH is 1. The molecule has 1 unspecified atom stereocenters. The molecule has 0 amide bonds. The Balaban J connectivity index is 2.14. The van der Waals surface area contributed by atoms with Crippen LogP contribution in [-0.2, 0) is 6.42 Å². The third kappa shape index (κ3) is 4.28. The molecule has 0 heterocycles. The number of hydrogen-bond acceptors (Lipinski definition) is 4. The normalized spacial score (nSPS) is 14.7. The first-order chi connectivity index (χ1) is 11.6. The second kappa shape index (κ2) is 8.71. The molecule has 0 saturated heterocycles. The molecule has 0 aliphatic carbocycles. The maximum atomic E-state index is 10.6. The molecule has 0 aliphatic heterocycles. The third-order valence-electron chi connectivity index (χ3n) is 4.52. The first kappa shape index (κ1) is 18.3. The van der Waals surface area contributed by atoms with Gasteiger partial charge in [-0.05, 0) is 35.6 Å². The molecule has 0 radical (unpaired) electrons. The summed E-state index contributed by atoms with van der Waals surface area (Å²) in [5, 5.41) is 10.6. The fraction of sp³-hybridized carbons (Fsp3) is 0.400. The first-order valence-corrected chi connectivity index (χ1v) is 8.30. The average Bonchev–Trinajstić information content (AvgIpc) is 2.65. The van der Waals surface area contributed by atoms with Crippen molar-refractivity contribution in [2.24, 2.45) is 11.7 Å². The van der Waals surface area contributed by atoms with Gasteiger partial charge in [0.05, 0.1) is 20.3 Å². The van der Waals surface area contributed by atoms with Gasteiger partial charge in [-0.25, -0.2) is 0 Å². The summed E-state index contributed by atoms with van der Waals surface area (Å²) in [4.78, 5) is 0.